The van der Waals surface area contributed by atoms with E-state index in [1.807, 2.05) is 19.2 Å². The first-order valence-electron chi connectivity index (χ1n) is 5.69. The minimum atomic E-state index is 0.564. The minimum absolute atomic E-state index is 0.564. The third-order valence-electron chi connectivity index (χ3n) is 2.46. The maximum Gasteiger partial charge on any atom is 0.209 e. The van der Waals surface area contributed by atoms with E-state index in [1.54, 1.807) is 10.7 Å². The quantitative estimate of drug-likeness (QED) is 0.829. The second-order valence-corrected chi connectivity index (χ2v) is 5.52. The third kappa shape index (κ3) is 3.82. The van der Waals surface area contributed by atoms with Crippen LogP contribution in [-0.2, 0) is 12.3 Å². The molecule has 0 fully saturated rings. The molecular formula is C11H13Cl2N5S. The van der Waals surface area contributed by atoms with Gasteiger partial charge in [-0.05, 0) is 29.1 Å². The molecule has 1 aromatic heterocycles. The largest absolute Gasteiger partial charge is 0.318 e. The highest BCUT2D eigenvalue weighted by molar-refractivity contribution is 7.98. The van der Waals surface area contributed by atoms with E-state index in [0.29, 0.717) is 15.8 Å². The number of nitrogens with one attached hydrogen (secondary N) is 1. The van der Waals surface area contributed by atoms with Gasteiger partial charge in [-0.25, -0.2) is 4.68 Å². The number of rotatable bonds is 6. The minimum Gasteiger partial charge on any atom is -0.318 e. The number of hydrogen-bond acceptors (Lipinski definition) is 5. The fourth-order valence-corrected chi connectivity index (χ4v) is 2.82. The van der Waals surface area contributed by atoms with Gasteiger partial charge < -0.3 is 5.32 Å². The lowest BCUT2D eigenvalue weighted by atomic mass is 10.2. The van der Waals surface area contributed by atoms with Crippen LogP contribution in [0.2, 0.25) is 10.0 Å². The second kappa shape index (κ2) is 7.09. The van der Waals surface area contributed by atoms with Crippen molar-refractivity contribution in [1.82, 2.24) is 25.5 Å². The summed E-state index contributed by atoms with van der Waals surface area (Å²) in [6.45, 7) is 1.55. The van der Waals surface area contributed by atoms with Crippen LogP contribution in [0.4, 0.5) is 0 Å². The molecule has 2 rings (SSSR count). The SMILES string of the molecule is CNCCn1nnnc1SCc1cccc(Cl)c1Cl. The summed E-state index contributed by atoms with van der Waals surface area (Å²) in [6.07, 6.45) is 0. The summed E-state index contributed by atoms with van der Waals surface area (Å²) < 4.78 is 1.76. The van der Waals surface area contributed by atoms with Crippen molar-refractivity contribution in [1.29, 1.82) is 0 Å². The molecule has 1 N–H and O–H groups in total. The first kappa shape index (κ1) is 14.6. The van der Waals surface area contributed by atoms with Crippen LogP contribution in [0.5, 0.6) is 0 Å². The molecule has 0 spiro atoms. The average molecular weight is 318 g/mol. The fraction of sp³-hybridized carbons (Fsp3) is 0.364. The number of benzene rings is 1. The lowest BCUT2D eigenvalue weighted by Gasteiger charge is -2.06. The van der Waals surface area contributed by atoms with Gasteiger partial charge in [-0.3, -0.25) is 0 Å². The zero-order valence-electron chi connectivity index (χ0n) is 10.3. The molecule has 8 heteroatoms. The van der Waals surface area contributed by atoms with Crippen molar-refractivity contribution in [3.63, 3.8) is 0 Å². The van der Waals surface area contributed by atoms with Crippen molar-refractivity contribution in [2.45, 2.75) is 17.5 Å². The molecule has 1 heterocycles. The molecule has 102 valence electrons. The second-order valence-electron chi connectivity index (χ2n) is 3.79. The van der Waals surface area contributed by atoms with Gasteiger partial charge in [0.05, 0.1) is 16.6 Å². The average Bonchev–Trinajstić information content (AvgIpc) is 2.85. The van der Waals surface area contributed by atoms with Crippen LogP contribution in [0.3, 0.4) is 0 Å². The summed E-state index contributed by atoms with van der Waals surface area (Å²) in [6, 6.07) is 5.60. The van der Waals surface area contributed by atoms with Crippen molar-refractivity contribution in [3.8, 4) is 0 Å². The monoisotopic (exact) mass is 317 g/mol. The Morgan fingerprint density at radius 2 is 2.21 bits per heavy atom. The van der Waals surface area contributed by atoms with Crippen molar-refractivity contribution < 1.29 is 0 Å². The zero-order valence-corrected chi connectivity index (χ0v) is 12.6. The van der Waals surface area contributed by atoms with Gasteiger partial charge in [0.15, 0.2) is 0 Å². The lowest BCUT2D eigenvalue weighted by Crippen LogP contribution is -2.16. The van der Waals surface area contributed by atoms with Crippen LogP contribution in [0, 0.1) is 0 Å². The first-order chi connectivity index (χ1) is 9.22. The number of nitrogens with zero attached hydrogens (tertiary/aromatic N) is 4. The topological polar surface area (TPSA) is 55.6 Å². The summed E-state index contributed by atoms with van der Waals surface area (Å²) in [5.41, 5.74) is 0.974. The number of thioether (sulfide) groups is 1. The highest BCUT2D eigenvalue weighted by Gasteiger charge is 2.09. The molecule has 0 aliphatic rings. The molecule has 0 saturated carbocycles. The summed E-state index contributed by atoms with van der Waals surface area (Å²) in [4.78, 5) is 0. The molecule has 0 unspecified atom stereocenters. The van der Waals surface area contributed by atoms with Gasteiger partial charge in [-0.1, -0.05) is 47.1 Å². The Hall–Kier alpha value is -0.820. The van der Waals surface area contributed by atoms with Gasteiger partial charge in [0.25, 0.3) is 0 Å². The van der Waals surface area contributed by atoms with E-state index in [1.165, 1.54) is 11.8 Å². The highest BCUT2D eigenvalue weighted by Crippen LogP contribution is 2.30. The van der Waals surface area contributed by atoms with Crippen molar-refractivity contribution in [2.24, 2.45) is 0 Å². The molecule has 5 nitrogen and oxygen atoms in total. The number of hydrogen-bond donors (Lipinski definition) is 1. The Labute approximate surface area is 125 Å². The molecule has 0 saturated heterocycles. The Bertz CT molecular complexity index is 546. The van der Waals surface area contributed by atoms with Crippen LogP contribution < -0.4 is 5.32 Å². The molecule has 19 heavy (non-hydrogen) atoms. The van der Waals surface area contributed by atoms with Crippen molar-refractivity contribution in [2.75, 3.05) is 13.6 Å². The maximum absolute atomic E-state index is 6.14. The normalized spacial score (nSPS) is 10.9. The molecule has 0 bridgehead atoms. The standard InChI is InChI=1S/C11H13Cl2N5S/c1-14-5-6-18-11(15-16-17-18)19-7-8-3-2-4-9(12)10(8)13/h2-4,14H,5-7H2,1H3. The predicted octanol–water partition coefficient (Wildman–Crippen LogP) is 2.49. The van der Waals surface area contributed by atoms with Crippen molar-refractivity contribution >= 4 is 35.0 Å². The molecule has 0 aliphatic heterocycles. The van der Waals surface area contributed by atoms with Crippen LogP contribution in [-0.4, -0.2) is 33.8 Å². The van der Waals surface area contributed by atoms with Crippen LogP contribution in [0.15, 0.2) is 23.4 Å². The molecule has 1 aromatic carbocycles. The van der Waals surface area contributed by atoms with Gasteiger partial charge in [0.1, 0.15) is 0 Å². The molecule has 0 radical (unpaired) electrons. The van der Waals surface area contributed by atoms with E-state index in [2.05, 4.69) is 20.8 Å². The summed E-state index contributed by atoms with van der Waals surface area (Å²) >= 11 is 13.7. The van der Waals surface area contributed by atoms with Gasteiger partial charge in [-0.15, -0.1) is 5.10 Å². The van der Waals surface area contributed by atoms with Crippen LogP contribution >= 0.6 is 35.0 Å². The summed E-state index contributed by atoms with van der Waals surface area (Å²) in [7, 11) is 1.89. The molecule has 0 amide bonds. The van der Waals surface area contributed by atoms with Crippen LogP contribution in [0.25, 0.3) is 0 Å². The van der Waals surface area contributed by atoms with E-state index in [0.717, 1.165) is 23.8 Å². The van der Waals surface area contributed by atoms with E-state index >= 15 is 0 Å². The van der Waals surface area contributed by atoms with Gasteiger partial charge in [-0.2, -0.15) is 0 Å². The van der Waals surface area contributed by atoms with E-state index in [-0.39, 0.29) is 0 Å². The number of halogens is 2. The fourth-order valence-electron chi connectivity index (χ4n) is 1.46. The van der Waals surface area contributed by atoms with Crippen molar-refractivity contribution in [3.05, 3.63) is 33.8 Å². The Balaban J connectivity index is 2.02. The molecule has 0 atom stereocenters. The van der Waals surface area contributed by atoms with Crippen LogP contribution in [0.1, 0.15) is 5.56 Å². The zero-order chi connectivity index (χ0) is 13.7. The predicted molar refractivity (Wildman–Crippen MR) is 77.8 cm³/mol. The highest BCUT2D eigenvalue weighted by atomic mass is 35.5. The van der Waals surface area contributed by atoms with Gasteiger partial charge in [0.2, 0.25) is 5.16 Å². The van der Waals surface area contributed by atoms with E-state index in [9.17, 15) is 0 Å². The third-order valence-corrected chi connectivity index (χ3v) is 4.32. The first-order valence-corrected chi connectivity index (χ1v) is 7.43. The Morgan fingerprint density at radius 1 is 1.37 bits per heavy atom. The summed E-state index contributed by atoms with van der Waals surface area (Å²) in [5, 5.41) is 16.6. The Kier molecular flexibility index (Phi) is 5.45. The van der Waals surface area contributed by atoms with Gasteiger partial charge in [0, 0.05) is 12.3 Å². The molecule has 2 aromatic rings. The van der Waals surface area contributed by atoms with E-state index in [4.69, 9.17) is 23.2 Å². The number of tetrazole rings is 1. The Morgan fingerprint density at radius 3 is 3.00 bits per heavy atom. The van der Waals surface area contributed by atoms with Gasteiger partial charge >= 0.3 is 0 Å². The lowest BCUT2D eigenvalue weighted by molar-refractivity contribution is 0.530. The maximum atomic E-state index is 6.14. The number of likely N-dealkylation sites (N-methyl/N-ethyl adjacent to an activating group) is 1. The number of aromatic nitrogens is 4. The molecule has 0 aliphatic carbocycles. The molecular weight excluding hydrogens is 305 g/mol. The van der Waals surface area contributed by atoms with E-state index < -0.39 is 0 Å². The smallest absolute Gasteiger partial charge is 0.209 e. The summed E-state index contributed by atoms with van der Waals surface area (Å²) in [5.74, 6) is 0.680.